The third kappa shape index (κ3) is 1.55. The van der Waals surface area contributed by atoms with Crippen LogP contribution in [0.3, 0.4) is 0 Å². The second kappa shape index (κ2) is 3.36. The van der Waals surface area contributed by atoms with Crippen molar-refractivity contribution in [1.82, 2.24) is 10.2 Å². The van der Waals surface area contributed by atoms with Crippen LogP contribution in [0.25, 0.3) is 0 Å². The minimum Gasteiger partial charge on any atom is -0.329 e. The normalized spacial score (nSPS) is 17.9. The molecule has 0 aliphatic heterocycles. The summed E-state index contributed by atoms with van der Waals surface area (Å²) < 4.78 is 0.749. The Morgan fingerprint density at radius 2 is 2.50 bits per heavy atom. The summed E-state index contributed by atoms with van der Waals surface area (Å²) in [5.41, 5.74) is 5.21. The van der Waals surface area contributed by atoms with E-state index in [1.165, 1.54) is 0 Å². The van der Waals surface area contributed by atoms with Crippen LogP contribution in [-0.2, 0) is 4.79 Å². The van der Waals surface area contributed by atoms with E-state index in [0.717, 1.165) is 17.3 Å². The second-order valence-electron chi connectivity index (χ2n) is 3.53. The van der Waals surface area contributed by atoms with E-state index in [-0.39, 0.29) is 11.3 Å². The largest absolute Gasteiger partial charge is 0.329 e. The Hall–Kier alpha value is -0.880. The maximum absolute atomic E-state index is 11.7. The van der Waals surface area contributed by atoms with Crippen molar-refractivity contribution in [3.8, 4) is 0 Å². The lowest BCUT2D eigenvalue weighted by Gasteiger charge is -2.11. The third-order valence-electron chi connectivity index (χ3n) is 2.56. The fraction of sp³-hybridized carbons (Fsp3) is 0.500. The Morgan fingerprint density at radius 3 is 2.93 bits per heavy atom. The number of anilines is 1. The van der Waals surface area contributed by atoms with Crippen molar-refractivity contribution in [2.75, 3.05) is 11.9 Å². The first-order valence-electron chi connectivity index (χ1n) is 4.38. The van der Waals surface area contributed by atoms with Crippen molar-refractivity contribution >= 4 is 27.7 Å². The number of halogens is 1. The number of aromatic amines is 1. The summed E-state index contributed by atoms with van der Waals surface area (Å²) in [7, 11) is 0. The molecule has 5 nitrogen and oxygen atoms in total. The van der Waals surface area contributed by atoms with Crippen LogP contribution in [0.2, 0.25) is 0 Å². The summed E-state index contributed by atoms with van der Waals surface area (Å²) in [6, 6.07) is 0. The SMILES string of the molecule is NCC1(C(=O)Nc2[nH]ncc2Br)CC1. The number of carbonyl (C=O) groups is 1. The number of nitrogens with one attached hydrogen (secondary N) is 2. The van der Waals surface area contributed by atoms with Gasteiger partial charge in [-0.2, -0.15) is 5.10 Å². The van der Waals surface area contributed by atoms with E-state index >= 15 is 0 Å². The van der Waals surface area contributed by atoms with Gasteiger partial charge in [-0.1, -0.05) is 0 Å². The van der Waals surface area contributed by atoms with E-state index in [1.807, 2.05) is 0 Å². The van der Waals surface area contributed by atoms with E-state index in [2.05, 4.69) is 31.4 Å². The molecule has 1 heterocycles. The van der Waals surface area contributed by atoms with Crippen LogP contribution in [0, 0.1) is 5.41 Å². The Kier molecular flexibility index (Phi) is 2.32. The van der Waals surface area contributed by atoms with Crippen LogP contribution < -0.4 is 11.1 Å². The Labute approximate surface area is 89.6 Å². The molecule has 0 radical (unpaired) electrons. The monoisotopic (exact) mass is 258 g/mol. The minimum atomic E-state index is -0.329. The van der Waals surface area contributed by atoms with Gasteiger partial charge in [0, 0.05) is 6.54 Å². The quantitative estimate of drug-likeness (QED) is 0.752. The lowest BCUT2D eigenvalue weighted by molar-refractivity contribution is -0.120. The fourth-order valence-corrected chi connectivity index (χ4v) is 1.57. The van der Waals surface area contributed by atoms with Gasteiger partial charge >= 0.3 is 0 Å². The summed E-state index contributed by atoms with van der Waals surface area (Å²) in [6.45, 7) is 0.407. The number of hydrogen-bond donors (Lipinski definition) is 3. The topological polar surface area (TPSA) is 83.8 Å². The molecule has 1 amide bonds. The van der Waals surface area contributed by atoms with Gasteiger partial charge in [0.05, 0.1) is 16.1 Å². The summed E-state index contributed by atoms with van der Waals surface area (Å²) >= 11 is 3.26. The lowest BCUT2D eigenvalue weighted by Crippen LogP contribution is -2.31. The van der Waals surface area contributed by atoms with Gasteiger partial charge in [-0.15, -0.1) is 0 Å². The van der Waals surface area contributed by atoms with Crippen LogP contribution in [0.4, 0.5) is 5.82 Å². The average Bonchev–Trinajstić information content (AvgIpc) is 2.89. The first-order valence-corrected chi connectivity index (χ1v) is 5.18. The molecule has 6 heteroatoms. The van der Waals surface area contributed by atoms with Crippen molar-refractivity contribution in [3.63, 3.8) is 0 Å². The number of carbonyl (C=O) groups excluding carboxylic acids is 1. The molecular weight excluding hydrogens is 248 g/mol. The summed E-state index contributed by atoms with van der Waals surface area (Å²) in [5, 5.41) is 9.24. The zero-order valence-electron chi connectivity index (χ0n) is 7.51. The molecule has 0 unspecified atom stereocenters. The first-order chi connectivity index (χ1) is 6.68. The number of nitrogens with zero attached hydrogens (tertiary/aromatic N) is 1. The number of rotatable bonds is 3. The first kappa shape index (κ1) is 9.67. The minimum absolute atomic E-state index is 0.0232. The predicted octanol–water partition coefficient (Wildman–Crippen LogP) is 0.850. The highest BCUT2D eigenvalue weighted by Gasteiger charge is 2.48. The molecule has 1 aromatic rings. The number of nitrogens with two attached hydrogens (primary N) is 1. The van der Waals surface area contributed by atoms with E-state index < -0.39 is 0 Å². The molecule has 0 aromatic carbocycles. The molecule has 2 rings (SSSR count). The van der Waals surface area contributed by atoms with E-state index in [4.69, 9.17) is 5.73 Å². The fourth-order valence-electron chi connectivity index (χ4n) is 1.28. The number of aromatic nitrogens is 2. The molecule has 4 N–H and O–H groups in total. The Bertz CT molecular complexity index is 358. The van der Waals surface area contributed by atoms with Crippen molar-refractivity contribution < 1.29 is 4.79 Å². The number of H-pyrrole nitrogens is 1. The highest BCUT2D eigenvalue weighted by Crippen LogP contribution is 2.45. The van der Waals surface area contributed by atoms with Gasteiger partial charge in [-0.05, 0) is 28.8 Å². The number of amides is 1. The third-order valence-corrected chi connectivity index (χ3v) is 3.16. The zero-order valence-corrected chi connectivity index (χ0v) is 9.10. The van der Waals surface area contributed by atoms with Gasteiger partial charge in [-0.3, -0.25) is 9.89 Å². The average molecular weight is 259 g/mol. The molecule has 14 heavy (non-hydrogen) atoms. The second-order valence-corrected chi connectivity index (χ2v) is 4.39. The maximum atomic E-state index is 11.7. The van der Waals surface area contributed by atoms with Gasteiger partial charge in [0.2, 0.25) is 5.91 Å². The highest BCUT2D eigenvalue weighted by molar-refractivity contribution is 9.10. The van der Waals surface area contributed by atoms with E-state index in [1.54, 1.807) is 6.20 Å². The van der Waals surface area contributed by atoms with Crippen LogP contribution in [0.15, 0.2) is 10.7 Å². The maximum Gasteiger partial charge on any atom is 0.233 e. The van der Waals surface area contributed by atoms with Crippen molar-refractivity contribution in [2.24, 2.45) is 11.1 Å². The van der Waals surface area contributed by atoms with Crippen molar-refractivity contribution in [1.29, 1.82) is 0 Å². The zero-order chi connectivity index (χ0) is 10.2. The molecular formula is C8H11BrN4O. The molecule has 1 fully saturated rings. The van der Waals surface area contributed by atoms with Crippen LogP contribution >= 0.6 is 15.9 Å². The van der Waals surface area contributed by atoms with Gasteiger partial charge in [0.1, 0.15) is 5.82 Å². The number of hydrogen-bond acceptors (Lipinski definition) is 3. The predicted molar refractivity (Wildman–Crippen MR) is 55.6 cm³/mol. The summed E-state index contributed by atoms with van der Waals surface area (Å²) in [6.07, 6.45) is 3.35. The molecule has 0 atom stereocenters. The molecule has 0 saturated heterocycles. The molecule has 1 aliphatic rings. The Morgan fingerprint density at radius 1 is 1.79 bits per heavy atom. The van der Waals surface area contributed by atoms with Gasteiger partial charge in [0.25, 0.3) is 0 Å². The molecule has 0 bridgehead atoms. The van der Waals surface area contributed by atoms with E-state index in [0.29, 0.717) is 12.4 Å². The molecule has 76 valence electrons. The van der Waals surface area contributed by atoms with Crippen molar-refractivity contribution in [2.45, 2.75) is 12.8 Å². The molecule has 1 saturated carbocycles. The van der Waals surface area contributed by atoms with E-state index in [9.17, 15) is 4.79 Å². The van der Waals surface area contributed by atoms with Crippen LogP contribution in [0.5, 0.6) is 0 Å². The van der Waals surface area contributed by atoms with Crippen LogP contribution in [-0.4, -0.2) is 22.6 Å². The highest BCUT2D eigenvalue weighted by atomic mass is 79.9. The molecule has 1 aromatic heterocycles. The lowest BCUT2D eigenvalue weighted by atomic mass is 10.1. The van der Waals surface area contributed by atoms with Gasteiger partial charge in [0.15, 0.2) is 0 Å². The summed E-state index contributed by atoms with van der Waals surface area (Å²) in [4.78, 5) is 11.7. The van der Waals surface area contributed by atoms with Crippen molar-refractivity contribution in [3.05, 3.63) is 10.7 Å². The van der Waals surface area contributed by atoms with Gasteiger partial charge < -0.3 is 11.1 Å². The smallest absolute Gasteiger partial charge is 0.233 e. The Balaban J connectivity index is 2.05. The molecule has 0 spiro atoms. The summed E-state index contributed by atoms with van der Waals surface area (Å²) in [5.74, 6) is 0.569. The van der Waals surface area contributed by atoms with Gasteiger partial charge in [-0.25, -0.2) is 0 Å². The molecule has 1 aliphatic carbocycles. The standard InChI is InChI=1S/C8H11BrN4O/c9-5-3-11-13-6(5)12-7(14)8(4-10)1-2-8/h3H,1-2,4,10H2,(H2,11,12,13,14). The van der Waals surface area contributed by atoms with Crippen LogP contribution in [0.1, 0.15) is 12.8 Å².